The molecule has 0 aliphatic rings. The molecule has 1 heterocycles. The van der Waals surface area contributed by atoms with Gasteiger partial charge >= 0.3 is 0 Å². The van der Waals surface area contributed by atoms with E-state index in [1.54, 1.807) is 0 Å². The van der Waals surface area contributed by atoms with Crippen LogP contribution >= 0.6 is 11.6 Å². The largest absolute Gasteiger partial charge is 0.393 e. The van der Waals surface area contributed by atoms with E-state index in [0.717, 1.165) is 5.56 Å². The molecule has 4 nitrogen and oxygen atoms in total. The highest BCUT2D eigenvalue weighted by molar-refractivity contribution is 6.30. The normalized spacial score (nSPS) is 12.6. The van der Waals surface area contributed by atoms with Crippen LogP contribution in [0.5, 0.6) is 0 Å². The zero-order chi connectivity index (χ0) is 13.0. The van der Waals surface area contributed by atoms with Crippen LogP contribution in [0, 0.1) is 0 Å². The zero-order valence-corrected chi connectivity index (χ0v) is 10.9. The predicted molar refractivity (Wildman–Crippen MR) is 68.6 cm³/mol. The van der Waals surface area contributed by atoms with Gasteiger partial charge in [-0.15, -0.1) is 0 Å². The molecule has 0 radical (unpaired) electrons. The number of rotatable bonds is 5. The smallest absolute Gasteiger partial charge is 0.229 e. The number of nitrogens with zero attached hydrogens (tertiary/aromatic N) is 2. The maximum Gasteiger partial charge on any atom is 0.229 e. The van der Waals surface area contributed by atoms with Gasteiger partial charge in [-0.2, -0.15) is 4.98 Å². The summed E-state index contributed by atoms with van der Waals surface area (Å²) in [6, 6.07) is 7.52. The molecule has 0 spiro atoms. The highest BCUT2D eigenvalue weighted by Gasteiger charge is 2.11. The molecule has 2 aromatic rings. The second-order valence-electron chi connectivity index (χ2n) is 4.17. The molecule has 0 aliphatic heterocycles. The van der Waals surface area contributed by atoms with Crippen molar-refractivity contribution in [2.75, 3.05) is 0 Å². The van der Waals surface area contributed by atoms with Crippen LogP contribution in [0.1, 0.15) is 30.6 Å². The maximum absolute atomic E-state index is 9.50. The van der Waals surface area contributed by atoms with E-state index in [-0.39, 0.29) is 0 Å². The van der Waals surface area contributed by atoms with Crippen molar-refractivity contribution in [1.82, 2.24) is 10.1 Å². The number of aromatic nitrogens is 2. The second-order valence-corrected chi connectivity index (χ2v) is 4.61. The standard InChI is InChI=1S/C13H15ClN2O2/c1-2-11(17)8-13-15-12(16-18-13)7-9-3-5-10(14)6-4-9/h3-6,11,17H,2,7-8H2,1H3. The van der Waals surface area contributed by atoms with Crippen LogP contribution in [0.4, 0.5) is 0 Å². The molecule has 1 N–H and O–H groups in total. The van der Waals surface area contributed by atoms with E-state index in [0.29, 0.717) is 36.0 Å². The summed E-state index contributed by atoms with van der Waals surface area (Å²) in [5.74, 6) is 1.10. The van der Waals surface area contributed by atoms with Gasteiger partial charge in [0.25, 0.3) is 0 Å². The van der Waals surface area contributed by atoms with E-state index < -0.39 is 6.10 Å². The molecule has 1 atom stereocenters. The Morgan fingerprint density at radius 1 is 1.33 bits per heavy atom. The Bertz CT molecular complexity index is 496. The zero-order valence-electron chi connectivity index (χ0n) is 10.1. The number of aliphatic hydroxyl groups is 1. The molecule has 0 fully saturated rings. The molecule has 0 saturated carbocycles. The van der Waals surface area contributed by atoms with Gasteiger partial charge in [0.1, 0.15) is 0 Å². The van der Waals surface area contributed by atoms with Gasteiger partial charge in [-0.1, -0.05) is 35.8 Å². The third-order valence-corrected chi connectivity index (χ3v) is 2.92. The SMILES string of the molecule is CCC(O)Cc1nc(Cc2ccc(Cl)cc2)no1. The first-order valence-electron chi connectivity index (χ1n) is 5.91. The third-order valence-electron chi connectivity index (χ3n) is 2.67. The minimum absolute atomic E-state index is 0.407. The van der Waals surface area contributed by atoms with E-state index in [2.05, 4.69) is 10.1 Å². The molecule has 1 aromatic heterocycles. The van der Waals surface area contributed by atoms with Gasteiger partial charge < -0.3 is 9.63 Å². The van der Waals surface area contributed by atoms with Crippen molar-refractivity contribution in [3.05, 3.63) is 46.6 Å². The number of hydrogen-bond acceptors (Lipinski definition) is 4. The van der Waals surface area contributed by atoms with Crippen LogP contribution in [0.15, 0.2) is 28.8 Å². The van der Waals surface area contributed by atoms with Crippen molar-refractivity contribution >= 4 is 11.6 Å². The Morgan fingerprint density at radius 2 is 2.06 bits per heavy atom. The molecule has 1 aromatic carbocycles. The van der Waals surface area contributed by atoms with Crippen molar-refractivity contribution in [2.24, 2.45) is 0 Å². The Kier molecular flexibility index (Phi) is 4.33. The highest BCUT2D eigenvalue weighted by Crippen LogP contribution is 2.12. The molecule has 96 valence electrons. The van der Waals surface area contributed by atoms with Crippen molar-refractivity contribution in [3.63, 3.8) is 0 Å². The summed E-state index contributed by atoms with van der Waals surface area (Å²) in [6.07, 6.45) is 1.26. The molecule has 2 rings (SSSR count). The fourth-order valence-electron chi connectivity index (χ4n) is 1.58. The quantitative estimate of drug-likeness (QED) is 0.904. The summed E-state index contributed by atoms with van der Waals surface area (Å²) in [5.41, 5.74) is 1.07. The molecular weight excluding hydrogens is 252 g/mol. The van der Waals surface area contributed by atoms with Gasteiger partial charge in [-0.05, 0) is 24.1 Å². The molecule has 0 amide bonds. The van der Waals surface area contributed by atoms with E-state index in [1.807, 2.05) is 31.2 Å². The number of aliphatic hydroxyl groups excluding tert-OH is 1. The number of hydrogen-bond donors (Lipinski definition) is 1. The van der Waals surface area contributed by atoms with Crippen LogP contribution in [0.25, 0.3) is 0 Å². The second kappa shape index (κ2) is 5.98. The predicted octanol–water partition coefficient (Wildman–Crippen LogP) is 2.63. The lowest BCUT2D eigenvalue weighted by Gasteiger charge is -2.01. The average Bonchev–Trinajstić information content (AvgIpc) is 2.79. The van der Waals surface area contributed by atoms with Crippen LogP contribution in [-0.2, 0) is 12.8 Å². The van der Waals surface area contributed by atoms with Gasteiger partial charge in [0.2, 0.25) is 5.89 Å². The van der Waals surface area contributed by atoms with Crippen molar-refractivity contribution in [2.45, 2.75) is 32.3 Å². The fourth-order valence-corrected chi connectivity index (χ4v) is 1.70. The summed E-state index contributed by atoms with van der Waals surface area (Å²) in [4.78, 5) is 4.25. The fraction of sp³-hybridized carbons (Fsp3) is 0.385. The molecular formula is C13H15ClN2O2. The Hall–Kier alpha value is -1.39. The molecule has 0 saturated heterocycles. The number of benzene rings is 1. The molecule has 5 heteroatoms. The van der Waals surface area contributed by atoms with Gasteiger partial charge in [-0.25, -0.2) is 0 Å². The minimum Gasteiger partial charge on any atom is -0.393 e. The highest BCUT2D eigenvalue weighted by atomic mass is 35.5. The van der Waals surface area contributed by atoms with E-state index >= 15 is 0 Å². The van der Waals surface area contributed by atoms with Crippen molar-refractivity contribution in [1.29, 1.82) is 0 Å². The van der Waals surface area contributed by atoms with Crippen molar-refractivity contribution < 1.29 is 9.63 Å². The summed E-state index contributed by atoms with van der Waals surface area (Å²) in [6.45, 7) is 1.91. The topological polar surface area (TPSA) is 59.2 Å². The Balaban J connectivity index is 2.00. The minimum atomic E-state index is -0.422. The lowest BCUT2D eigenvalue weighted by Crippen LogP contribution is -2.08. The monoisotopic (exact) mass is 266 g/mol. The average molecular weight is 267 g/mol. The molecule has 1 unspecified atom stereocenters. The summed E-state index contributed by atoms with van der Waals surface area (Å²) < 4.78 is 5.09. The Labute approximate surface area is 111 Å². The summed E-state index contributed by atoms with van der Waals surface area (Å²) in [5, 5.41) is 14.1. The first-order valence-corrected chi connectivity index (χ1v) is 6.29. The van der Waals surface area contributed by atoms with Gasteiger partial charge in [0.15, 0.2) is 5.82 Å². The van der Waals surface area contributed by atoms with Gasteiger partial charge in [0.05, 0.1) is 12.5 Å². The first kappa shape index (κ1) is 13.1. The first-order chi connectivity index (χ1) is 8.67. The lowest BCUT2D eigenvalue weighted by molar-refractivity contribution is 0.158. The van der Waals surface area contributed by atoms with Crippen molar-refractivity contribution in [3.8, 4) is 0 Å². The van der Waals surface area contributed by atoms with Crippen LogP contribution in [-0.4, -0.2) is 21.4 Å². The molecule has 0 bridgehead atoms. The van der Waals surface area contributed by atoms with E-state index in [9.17, 15) is 5.11 Å². The lowest BCUT2D eigenvalue weighted by atomic mass is 10.1. The van der Waals surface area contributed by atoms with Crippen LogP contribution < -0.4 is 0 Å². The number of halogens is 1. The third kappa shape index (κ3) is 3.55. The van der Waals surface area contributed by atoms with Crippen LogP contribution in [0.2, 0.25) is 5.02 Å². The van der Waals surface area contributed by atoms with Gasteiger partial charge in [0, 0.05) is 11.4 Å². The van der Waals surface area contributed by atoms with E-state index in [1.165, 1.54) is 0 Å². The van der Waals surface area contributed by atoms with Crippen LogP contribution in [0.3, 0.4) is 0 Å². The maximum atomic E-state index is 9.50. The summed E-state index contributed by atoms with van der Waals surface area (Å²) >= 11 is 5.81. The van der Waals surface area contributed by atoms with E-state index in [4.69, 9.17) is 16.1 Å². The Morgan fingerprint density at radius 3 is 2.72 bits per heavy atom. The molecule has 0 aliphatic carbocycles. The molecule has 18 heavy (non-hydrogen) atoms. The summed E-state index contributed by atoms with van der Waals surface area (Å²) in [7, 11) is 0. The van der Waals surface area contributed by atoms with Gasteiger partial charge in [-0.3, -0.25) is 0 Å².